The highest BCUT2D eigenvalue weighted by Crippen LogP contribution is 2.39. The number of nitrogens with two attached hydrogens (primary N) is 1. The van der Waals surface area contributed by atoms with Crippen molar-refractivity contribution >= 4 is 17.7 Å². The van der Waals surface area contributed by atoms with Crippen molar-refractivity contribution in [1.29, 1.82) is 0 Å². The van der Waals surface area contributed by atoms with E-state index in [1.807, 2.05) is 6.92 Å². The molecular formula is C15H25N3O3. The van der Waals surface area contributed by atoms with Crippen molar-refractivity contribution in [3.63, 3.8) is 0 Å². The highest BCUT2D eigenvalue weighted by Gasteiger charge is 2.39. The van der Waals surface area contributed by atoms with E-state index >= 15 is 0 Å². The highest BCUT2D eigenvalue weighted by molar-refractivity contribution is 6.04. The summed E-state index contributed by atoms with van der Waals surface area (Å²) in [6, 6.07) is -0.534. The second-order valence-electron chi connectivity index (χ2n) is 6.30. The van der Waals surface area contributed by atoms with Gasteiger partial charge < -0.3 is 10.6 Å². The van der Waals surface area contributed by atoms with Gasteiger partial charge in [0.25, 0.3) is 0 Å². The minimum atomic E-state index is -0.534. The fraction of sp³-hybridized carbons (Fsp3) is 0.800. The van der Waals surface area contributed by atoms with E-state index in [1.165, 1.54) is 11.3 Å². The molecule has 118 valence electrons. The first-order valence-electron chi connectivity index (χ1n) is 7.84. The Bertz CT molecular complexity index is 430. The SMILES string of the molecule is CCC1C(=O)NC(=O)CN1C(=O)CC1(CN)CCCCC1. The molecule has 1 unspecified atom stereocenters. The Kier molecular flexibility index (Phi) is 4.98. The van der Waals surface area contributed by atoms with Gasteiger partial charge in [0.15, 0.2) is 0 Å². The number of rotatable bonds is 4. The first-order chi connectivity index (χ1) is 10.0. The molecule has 0 spiro atoms. The third-order valence-electron chi connectivity index (χ3n) is 4.84. The van der Waals surface area contributed by atoms with Gasteiger partial charge in [-0.3, -0.25) is 19.7 Å². The summed E-state index contributed by atoms with van der Waals surface area (Å²) in [6.07, 6.45) is 6.17. The van der Waals surface area contributed by atoms with Crippen LogP contribution in [-0.2, 0) is 14.4 Å². The van der Waals surface area contributed by atoms with Crippen molar-refractivity contribution in [2.45, 2.75) is 57.9 Å². The zero-order valence-corrected chi connectivity index (χ0v) is 12.7. The molecule has 21 heavy (non-hydrogen) atoms. The summed E-state index contributed by atoms with van der Waals surface area (Å²) < 4.78 is 0. The number of nitrogens with one attached hydrogen (secondary N) is 1. The number of hydrogen-bond donors (Lipinski definition) is 2. The molecule has 0 aromatic rings. The molecule has 0 bridgehead atoms. The van der Waals surface area contributed by atoms with Crippen LogP contribution in [0.1, 0.15) is 51.9 Å². The lowest BCUT2D eigenvalue weighted by Crippen LogP contribution is -2.60. The van der Waals surface area contributed by atoms with Gasteiger partial charge in [0.1, 0.15) is 12.6 Å². The molecule has 0 aromatic carbocycles. The molecule has 1 heterocycles. The van der Waals surface area contributed by atoms with E-state index < -0.39 is 11.9 Å². The van der Waals surface area contributed by atoms with E-state index in [9.17, 15) is 14.4 Å². The van der Waals surface area contributed by atoms with Crippen LogP contribution in [0, 0.1) is 5.41 Å². The topological polar surface area (TPSA) is 92.5 Å². The highest BCUT2D eigenvalue weighted by atomic mass is 16.2. The first kappa shape index (κ1) is 15.9. The van der Waals surface area contributed by atoms with E-state index in [1.54, 1.807) is 0 Å². The monoisotopic (exact) mass is 295 g/mol. The van der Waals surface area contributed by atoms with Crippen molar-refractivity contribution in [1.82, 2.24) is 10.2 Å². The third kappa shape index (κ3) is 3.43. The zero-order chi connectivity index (χ0) is 15.5. The van der Waals surface area contributed by atoms with Crippen molar-refractivity contribution in [3.05, 3.63) is 0 Å². The molecule has 1 saturated heterocycles. The van der Waals surface area contributed by atoms with E-state index in [4.69, 9.17) is 5.73 Å². The lowest BCUT2D eigenvalue weighted by atomic mass is 9.71. The van der Waals surface area contributed by atoms with Crippen LogP contribution < -0.4 is 11.1 Å². The van der Waals surface area contributed by atoms with Gasteiger partial charge in [-0.05, 0) is 31.2 Å². The molecule has 0 aromatic heterocycles. The minimum Gasteiger partial charge on any atom is -0.330 e. The predicted molar refractivity (Wildman–Crippen MR) is 78.1 cm³/mol. The standard InChI is InChI=1S/C15H25N3O3/c1-2-11-14(21)17-12(19)9-18(11)13(20)8-15(10-16)6-4-3-5-7-15/h11H,2-10,16H2,1H3,(H,17,19,21). The van der Waals surface area contributed by atoms with Crippen LogP contribution in [0.4, 0.5) is 0 Å². The van der Waals surface area contributed by atoms with Crippen molar-refractivity contribution in [2.24, 2.45) is 11.1 Å². The Labute approximate surface area is 125 Å². The van der Waals surface area contributed by atoms with Gasteiger partial charge >= 0.3 is 0 Å². The predicted octanol–water partition coefficient (Wildman–Crippen LogP) is 0.549. The van der Waals surface area contributed by atoms with Crippen LogP contribution in [0.5, 0.6) is 0 Å². The Morgan fingerprint density at radius 2 is 2.00 bits per heavy atom. The Morgan fingerprint density at radius 1 is 1.33 bits per heavy atom. The van der Waals surface area contributed by atoms with Crippen molar-refractivity contribution < 1.29 is 14.4 Å². The van der Waals surface area contributed by atoms with E-state index in [0.717, 1.165) is 25.7 Å². The second kappa shape index (κ2) is 6.56. The van der Waals surface area contributed by atoms with Gasteiger partial charge in [-0.1, -0.05) is 26.2 Å². The summed E-state index contributed by atoms with van der Waals surface area (Å²) in [4.78, 5) is 37.4. The van der Waals surface area contributed by atoms with Crippen LogP contribution in [0.15, 0.2) is 0 Å². The summed E-state index contributed by atoms with van der Waals surface area (Å²) in [5.74, 6) is -0.881. The van der Waals surface area contributed by atoms with E-state index in [-0.39, 0.29) is 23.8 Å². The van der Waals surface area contributed by atoms with Crippen LogP contribution in [0.2, 0.25) is 0 Å². The largest absolute Gasteiger partial charge is 0.330 e. The summed E-state index contributed by atoms with van der Waals surface area (Å²) in [6.45, 7) is 2.31. The van der Waals surface area contributed by atoms with Crippen LogP contribution in [0.25, 0.3) is 0 Å². The number of amides is 3. The molecule has 2 rings (SSSR count). The van der Waals surface area contributed by atoms with Gasteiger partial charge in [-0.2, -0.15) is 0 Å². The molecule has 1 aliphatic heterocycles. The van der Waals surface area contributed by atoms with Gasteiger partial charge in [0.2, 0.25) is 17.7 Å². The molecule has 1 aliphatic carbocycles. The average Bonchev–Trinajstić information content (AvgIpc) is 2.47. The second-order valence-corrected chi connectivity index (χ2v) is 6.30. The molecular weight excluding hydrogens is 270 g/mol. The maximum Gasteiger partial charge on any atom is 0.249 e. The quantitative estimate of drug-likeness (QED) is 0.741. The first-order valence-corrected chi connectivity index (χ1v) is 7.84. The minimum absolute atomic E-state index is 0.0241. The number of piperazine rings is 1. The fourth-order valence-electron chi connectivity index (χ4n) is 3.51. The summed E-state index contributed by atoms with van der Waals surface area (Å²) in [5, 5.41) is 2.30. The molecule has 3 N–H and O–H groups in total. The third-order valence-corrected chi connectivity index (χ3v) is 4.84. The number of imide groups is 1. The van der Waals surface area contributed by atoms with Crippen molar-refractivity contribution in [3.8, 4) is 0 Å². The fourth-order valence-corrected chi connectivity index (χ4v) is 3.51. The van der Waals surface area contributed by atoms with Crippen LogP contribution in [0.3, 0.4) is 0 Å². The molecule has 3 amide bonds. The van der Waals surface area contributed by atoms with E-state index in [0.29, 0.717) is 19.4 Å². The Balaban J connectivity index is 2.09. The molecule has 2 fully saturated rings. The normalized spacial score (nSPS) is 25.6. The van der Waals surface area contributed by atoms with Gasteiger partial charge in [-0.15, -0.1) is 0 Å². The summed E-state index contributed by atoms with van der Waals surface area (Å²) in [5.41, 5.74) is 5.77. The molecule has 1 saturated carbocycles. The van der Waals surface area contributed by atoms with Gasteiger partial charge in [0.05, 0.1) is 0 Å². The van der Waals surface area contributed by atoms with Gasteiger partial charge in [-0.25, -0.2) is 0 Å². The summed E-state index contributed by atoms with van der Waals surface area (Å²) in [7, 11) is 0. The number of carbonyl (C=O) groups is 3. The molecule has 1 atom stereocenters. The Hall–Kier alpha value is -1.43. The number of nitrogens with zero attached hydrogens (tertiary/aromatic N) is 1. The lowest BCUT2D eigenvalue weighted by Gasteiger charge is -2.39. The van der Waals surface area contributed by atoms with Crippen LogP contribution in [-0.4, -0.2) is 41.8 Å². The van der Waals surface area contributed by atoms with Crippen molar-refractivity contribution in [2.75, 3.05) is 13.1 Å². The van der Waals surface area contributed by atoms with Crippen LogP contribution >= 0.6 is 0 Å². The summed E-state index contributed by atoms with van der Waals surface area (Å²) >= 11 is 0. The van der Waals surface area contributed by atoms with E-state index in [2.05, 4.69) is 5.32 Å². The smallest absolute Gasteiger partial charge is 0.249 e. The molecule has 2 aliphatic rings. The number of carbonyl (C=O) groups excluding carboxylic acids is 3. The molecule has 0 radical (unpaired) electrons. The maximum absolute atomic E-state index is 12.6. The average molecular weight is 295 g/mol. The zero-order valence-electron chi connectivity index (χ0n) is 12.7. The maximum atomic E-state index is 12.6. The number of hydrogen-bond acceptors (Lipinski definition) is 4. The Morgan fingerprint density at radius 3 is 2.57 bits per heavy atom. The van der Waals surface area contributed by atoms with Gasteiger partial charge in [0, 0.05) is 6.42 Å². The molecule has 6 heteroatoms. The molecule has 6 nitrogen and oxygen atoms in total. The lowest BCUT2D eigenvalue weighted by molar-refractivity contribution is -0.151.